The van der Waals surface area contributed by atoms with Gasteiger partial charge in [-0.05, 0) is 73.9 Å². The summed E-state index contributed by atoms with van der Waals surface area (Å²) in [5.41, 5.74) is 1.94. The fourth-order valence-electron chi connectivity index (χ4n) is 2.73. The molecule has 0 aliphatic heterocycles. The average Bonchev–Trinajstić information content (AvgIpc) is 3.17. The number of tetrazole rings is 1. The van der Waals surface area contributed by atoms with Crippen molar-refractivity contribution in [3.05, 3.63) is 54.1 Å². The summed E-state index contributed by atoms with van der Waals surface area (Å²) < 4.78 is 13.0. The summed E-state index contributed by atoms with van der Waals surface area (Å²) in [5.74, 6) is 1.20. The lowest BCUT2D eigenvalue weighted by atomic mass is 10.2. The Kier molecular flexibility index (Phi) is 6.94. The highest BCUT2D eigenvalue weighted by atomic mass is 16.5. The number of hydrogen-bond donors (Lipinski definition) is 1. The number of hydrogen-bond acceptors (Lipinski definition) is 7. The molecule has 1 aromatic heterocycles. The van der Waals surface area contributed by atoms with Crippen molar-refractivity contribution < 1.29 is 9.47 Å². The van der Waals surface area contributed by atoms with Crippen LogP contribution in [0, 0.1) is 0 Å². The van der Waals surface area contributed by atoms with Crippen LogP contribution in [0.1, 0.15) is 12.0 Å². The van der Waals surface area contributed by atoms with E-state index in [1.54, 1.807) is 11.8 Å². The van der Waals surface area contributed by atoms with Crippen LogP contribution in [0.15, 0.2) is 48.5 Å². The first-order valence-electron chi connectivity index (χ1n) is 9.21. The molecule has 148 valence electrons. The van der Waals surface area contributed by atoms with Crippen LogP contribution in [-0.4, -0.2) is 59.4 Å². The van der Waals surface area contributed by atoms with Crippen molar-refractivity contribution in [1.29, 1.82) is 0 Å². The van der Waals surface area contributed by atoms with Gasteiger partial charge in [0, 0.05) is 6.54 Å². The van der Waals surface area contributed by atoms with E-state index in [9.17, 15) is 0 Å². The van der Waals surface area contributed by atoms with E-state index in [0.29, 0.717) is 11.5 Å². The molecule has 0 aliphatic carbocycles. The average molecular weight is 382 g/mol. The molecule has 0 aliphatic rings. The maximum Gasteiger partial charge on any atom is 0.346 e. The van der Waals surface area contributed by atoms with Gasteiger partial charge in [-0.15, -0.1) is 0 Å². The lowest BCUT2D eigenvalue weighted by Crippen LogP contribution is -2.21. The van der Waals surface area contributed by atoms with Gasteiger partial charge in [0.15, 0.2) is 11.5 Å². The fourth-order valence-corrected chi connectivity index (χ4v) is 2.73. The second-order valence-electron chi connectivity index (χ2n) is 6.63. The van der Waals surface area contributed by atoms with Gasteiger partial charge < -0.3 is 19.7 Å². The number of nitrogens with one attached hydrogen (secondary N) is 1. The zero-order chi connectivity index (χ0) is 19.8. The Morgan fingerprint density at radius 1 is 1.07 bits per heavy atom. The van der Waals surface area contributed by atoms with Crippen molar-refractivity contribution >= 4 is 0 Å². The molecule has 3 aromatic rings. The van der Waals surface area contributed by atoms with E-state index in [4.69, 9.17) is 9.47 Å². The van der Waals surface area contributed by atoms with E-state index in [-0.39, 0.29) is 6.01 Å². The molecule has 0 saturated heterocycles. The summed E-state index contributed by atoms with van der Waals surface area (Å²) in [6.45, 7) is 2.80. The van der Waals surface area contributed by atoms with E-state index in [0.717, 1.165) is 37.3 Å². The number of ether oxygens (including phenoxy) is 2. The maximum atomic E-state index is 5.93. The number of aromatic nitrogens is 4. The number of benzene rings is 2. The lowest BCUT2D eigenvalue weighted by molar-refractivity contribution is 0.362. The van der Waals surface area contributed by atoms with Gasteiger partial charge in [0.2, 0.25) is 0 Å². The predicted octanol–water partition coefficient (Wildman–Crippen LogP) is 2.50. The fraction of sp³-hybridized carbons (Fsp3) is 0.350. The highest BCUT2D eigenvalue weighted by Gasteiger charge is 2.14. The normalized spacial score (nSPS) is 11.0. The van der Waals surface area contributed by atoms with Gasteiger partial charge in [-0.25, -0.2) is 0 Å². The van der Waals surface area contributed by atoms with Crippen LogP contribution in [0.5, 0.6) is 17.5 Å². The van der Waals surface area contributed by atoms with Crippen LogP contribution in [0.2, 0.25) is 0 Å². The van der Waals surface area contributed by atoms with Gasteiger partial charge in [-0.1, -0.05) is 29.4 Å². The van der Waals surface area contributed by atoms with Crippen molar-refractivity contribution in [2.24, 2.45) is 0 Å². The van der Waals surface area contributed by atoms with Crippen molar-refractivity contribution in [2.45, 2.75) is 13.0 Å². The molecule has 8 nitrogen and oxygen atoms in total. The van der Waals surface area contributed by atoms with E-state index < -0.39 is 0 Å². The van der Waals surface area contributed by atoms with E-state index >= 15 is 0 Å². The molecule has 0 radical (unpaired) electrons. The number of rotatable bonds is 10. The summed E-state index contributed by atoms with van der Waals surface area (Å²) in [5, 5.41) is 15.1. The minimum Gasteiger partial charge on any atom is -0.493 e. The van der Waals surface area contributed by atoms with Crippen molar-refractivity contribution in [1.82, 2.24) is 30.4 Å². The molecule has 0 spiro atoms. The first kappa shape index (κ1) is 19.8. The topological polar surface area (TPSA) is 77.3 Å². The number of nitrogens with zero attached hydrogens (tertiary/aromatic N) is 5. The molecule has 3 rings (SSSR count). The molecule has 1 N–H and O–H groups in total. The quantitative estimate of drug-likeness (QED) is 0.540. The van der Waals surface area contributed by atoms with Gasteiger partial charge in [0.05, 0.1) is 12.8 Å². The van der Waals surface area contributed by atoms with E-state index in [1.165, 1.54) is 0 Å². The third-order valence-corrected chi connectivity index (χ3v) is 4.16. The minimum atomic E-state index is 0.277. The smallest absolute Gasteiger partial charge is 0.346 e. The Balaban J connectivity index is 1.66. The maximum absolute atomic E-state index is 5.93. The summed E-state index contributed by atoms with van der Waals surface area (Å²) in [4.78, 5) is 2.18. The Labute approximate surface area is 165 Å². The monoisotopic (exact) mass is 382 g/mol. The molecule has 28 heavy (non-hydrogen) atoms. The van der Waals surface area contributed by atoms with Crippen LogP contribution in [0.4, 0.5) is 0 Å². The van der Waals surface area contributed by atoms with Crippen LogP contribution < -0.4 is 14.8 Å². The van der Waals surface area contributed by atoms with E-state index in [2.05, 4.69) is 39.8 Å². The largest absolute Gasteiger partial charge is 0.493 e. The Morgan fingerprint density at radius 3 is 2.64 bits per heavy atom. The third kappa shape index (κ3) is 5.28. The summed E-state index contributed by atoms with van der Waals surface area (Å²) in [6, 6.07) is 15.7. The second-order valence-corrected chi connectivity index (χ2v) is 6.63. The summed E-state index contributed by atoms with van der Waals surface area (Å²) >= 11 is 0. The first-order valence-corrected chi connectivity index (χ1v) is 9.21. The summed E-state index contributed by atoms with van der Waals surface area (Å²) in [7, 11) is 5.78. The van der Waals surface area contributed by atoms with Crippen LogP contribution in [0.3, 0.4) is 0 Å². The predicted molar refractivity (Wildman–Crippen MR) is 107 cm³/mol. The number of para-hydroxylation sites is 1. The molecule has 0 unspecified atom stereocenters. The first-order chi connectivity index (χ1) is 13.7. The highest BCUT2D eigenvalue weighted by molar-refractivity contribution is 5.44. The molecule has 8 heteroatoms. The van der Waals surface area contributed by atoms with Crippen LogP contribution in [-0.2, 0) is 6.54 Å². The molecule has 2 aromatic carbocycles. The number of methoxy groups -OCH3 is 1. The van der Waals surface area contributed by atoms with Gasteiger partial charge in [-0.2, -0.15) is 4.68 Å². The third-order valence-electron chi connectivity index (χ3n) is 4.16. The SMILES string of the molecule is COc1cc(CNCCCN(C)C)ccc1Oc1nnnn1-c1ccccc1. The van der Waals surface area contributed by atoms with Gasteiger partial charge >= 0.3 is 6.01 Å². The minimum absolute atomic E-state index is 0.277. The molecule has 0 fully saturated rings. The standard InChI is InChI=1S/C20H26N6O2/c1-25(2)13-7-12-21-15-16-10-11-18(19(14-16)27-3)28-20-22-23-24-26(20)17-8-5-4-6-9-17/h4-6,8-11,14,21H,7,12-13,15H2,1-3H3. The van der Waals surface area contributed by atoms with Crippen molar-refractivity contribution in [3.8, 4) is 23.2 Å². The molecule has 0 saturated carbocycles. The Bertz CT molecular complexity index is 866. The molecular weight excluding hydrogens is 356 g/mol. The van der Waals surface area contributed by atoms with Crippen LogP contribution in [0.25, 0.3) is 5.69 Å². The molecular formula is C20H26N6O2. The van der Waals surface area contributed by atoms with Gasteiger partial charge in [0.1, 0.15) is 0 Å². The van der Waals surface area contributed by atoms with Gasteiger partial charge in [-0.3, -0.25) is 0 Å². The summed E-state index contributed by atoms with van der Waals surface area (Å²) in [6.07, 6.45) is 1.10. The molecule has 1 heterocycles. The zero-order valence-corrected chi connectivity index (χ0v) is 16.5. The van der Waals surface area contributed by atoms with Crippen molar-refractivity contribution in [2.75, 3.05) is 34.3 Å². The molecule has 0 bridgehead atoms. The zero-order valence-electron chi connectivity index (χ0n) is 16.5. The molecule has 0 amide bonds. The van der Waals surface area contributed by atoms with E-state index in [1.807, 2.05) is 48.5 Å². The van der Waals surface area contributed by atoms with Gasteiger partial charge in [0.25, 0.3) is 0 Å². The Hall–Kier alpha value is -2.97. The lowest BCUT2D eigenvalue weighted by Gasteiger charge is -2.12. The van der Waals surface area contributed by atoms with Crippen LogP contribution >= 0.6 is 0 Å². The molecule has 0 atom stereocenters. The second kappa shape index (κ2) is 9.82. The Morgan fingerprint density at radius 2 is 1.89 bits per heavy atom. The highest BCUT2D eigenvalue weighted by Crippen LogP contribution is 2.32. The van der Waals surface area contributed by atoms with Crippen molar-refractivity contribution in [3.63, 3.8) is 0 Å².